The Morgan fingerprint density at radius 3 is 2.48 bits per heavy atom. The number of rotatable bonds is 4. The molecule has 0 spiro atoms. The Bertz CT molecular complexity index is 675. The molecule has 0 atom stereocenters. The molecule has 0 aromatic heterocycles. The van der Waals surface area contributed by atoms with Crippen LogP contribution in [0.1, 0.15) is 27.0 Å². The molecule has 2 nitrogen and oxygen atoms in total. The fourth-order valence-corrected chi connectivity index (χ4v) is 2.31. The lowest BCUT2D eigenvalue weighted by Crippen LogP contribution is -2.14. The molecular formula is C17H16ClFO2. The van der Waals surface area contributed by atoms with Gasteiger partial charge >= 0.3 is 0 Å². The monoisotopic (exact) mass is 306 g/mol. The molecule has 2 aromatic carbocycles. The van der Waals surface area contributed by atoms with Crippen LogP contribution >= 0.6 is 11.6 Å². The second-order valence-electron chi connectivity index (χ2n) is 5.01. The fraction of sp³-hybridized carbons (Fsp3) is 0.235. The van der Waals surface area contributed by atoms with Crippen LogP contribution in [0.25, 0.3) is 0 Å². The van der Waals surface area contributed by atoms with Gasteiger partial charge < -0.3 is 4.74 Å². The molecule has 0 amide bonds. The first-order valence-electron chi connectivity index (χ1n) is 6.58. The smallest absolute Gasteiger partial charge is 0.200 e. The third-order valence-electron chi connectivity index (χ3n) is 3.41. The summed E-state index contributed by atoms with van der Waals surface area (Å²) in [6.07, 6.45) is 0. The molecule has 0 saturated carbocycles. The summed E-state index contributed by atoms with van der Waals surface area (Å²) < 4.78 is 18.8. The van der Waals surface area contributed by atoms with Crippen molar-refractivity contribution in [2.45, 2.75) is 20.8 Å². The number of ether oxygens (including phenoxy) is 1. The van der Waals surface area contributed by atoms with E-state index in [1.165, 1.54) is 18.2 Å². The highest BCUT2D eigenvalue weighted by molar-refractivity contribution is 6.32. The molecule has 21 heavy (non-hydrogen) atoms. The van der Waals surface area contributed by atoms with Crippen molar-refractivity contribution in [1.82, 2.24) is 0 Å². The lowest BCUT2D eigenvalue weighted by atomic mass is 9.98. The van der Waals surface area contributed by atoms with Crippen molar-refractivity contribution in [2.75, 3.05) is 6.61 Å². The van der Waals surface area contributed by atoms with Crippen LogP contribution in [0.15, 0.2) is 30.3 Å². The van der Waals surface area contributed by atoms with E-state index in [0.717, 1.165) is 16.7 Å². The highest BCUT2D eigenvalue weighted by atomic mass is 35.5. The third kappa shape index (κ3) is 3.42. The second kappa shape index (κ2) is 6.27. The number of ketones is 1. The van der Waals surface area contributed by atoms with Gasteiger partial charge in [-0.2, -0.15) is 0 Å². The first-order chi connectivity index (χ1) is 9.90. The van der Waals surface area contributed by atoms with Crippen LogP contribution in [0, 0.1) is 26.6 Å². The average Bonchev–Trinajstić information content (AvgIpc) is 2.42. The van der Waals surface area contributed by atoms with Crippen molar-refractivity contribution in [1.29, 1.82) is 0 Å². The molecule has 0 aliphatic carbocycles. The average molecular weight is 307 g/mol. The number of carbonyl (C=O) groups excluding carboxylic acids is 1. The molecular weight excluding hydrogens is 291 g/mol. The van der Waals surface area contributed by atoms with E-state index in [1.54, 1.807) is 0 Å². The number of para-hydroxylation sites is 1. The minimum atomic E-state index is -0.577. The highest BCUT2D eigenvalue weighted by Gasteiger charge is 2.14. The van der Waals surface area contributed by atoms with Gasteiger partial charge in [-0.1, -0.05) is 23.7 Å². The van der Waals surface area contributed by atoms with Crippen LogP contribution < -0.4 is 4.74 Å². The maximum atomic E-state index is 13.6. The Hall–Kier alpha value is -1.87. The molecule has 110 valence electrons. The van der Waals surface area contributed by atoms with Gasteiger partial charge in [0.05, 0.1) is 5.02 Å². The van der Waals surface area contributed by atoms with Crippen LogP contribution in [0.5, 0.6) is 5.75 Å². The Morgan fingerprint density at radius 1 is 1.14 bits per heavy atom. The molecule has 0 N–H and O–H groups in total. The van der Waals surface area contributed by atoms with Crippen molar-refractivity contribution < 1.29 is 13.9 Å². The largest absolute Gasteiger partial charge is 0.481 e. The summed E-state index contributed by atoms with van der Waals surface area (Å²) in [5, 5.41) is 0.152. The van der Waals surface area contributed by atoms with Crippen molar-refractivity contribution >= 4 is 17.4 Å². The van der Waals surface area contributed by atoms with E-state index >= 15 is 0 Å². The van der Waals surface area contributed by atoms with E-state index in [-0.39, 0.29) is 23.2 Å². The standard InChI is InChI=1S/C17H16ClFO2/c1-10-7-12(3)13(8-11(10)2)16(20)9-21-17-14(18)5-4-6-15(17)19/h4-8H,9H2,1-3H3. The van der Waals surface area contributed by atoms with Crippen LogP contribution in [0.2, 0.25) is 5.02 Å². The van der Waals surface area contributed by atoms with Gasteiger partial charge in [0.1, 0.15) is 0 Å². The van der Waals surface area contributed by atoms with E-state index in [4.69, 9.17) is 16.3 Å². The third-order valence-corrected chi connectivity index (χ3v) is 3.71. The van der Waals surface area contributed by atoms with Crippen molar-refractivity contribution in [2.24, 2.45) is 0 Å². The molecule has 0 aliphatic heterocycles. The maximum Gasteiger partial charge on any atom is 0.200 e. The first-order valence-corrected chi connectivity index (χ1v) is 6.96. The van der Waals surface area contributed by atoms with Gasteiger partial charge in [-0.15, -0.1) is 0 Å². The Morgan fingerprint density at radius 2 is 1.81 bits per heavy atom. The van der Waals surface area contributed by atoms with E-state index in [1.807, 2.05) is 32.9 Å². The molecule has 0 saturated heterocycles. The van der Waals surface area contributed by atoms with E-state index < -0.39 is 5.82 Å². The number of hydrogen-bond acceptors (Lipinski definition) is 2. The van der Waals surface area contributed by atoms with Gasteiger partial charge in [0.25, 0.3) is 0 Å². The molecule has 2 aromatic rings. The normalized spacial score (nSPS) is 10.5. The van der Waals surface area contributed by atoms with E-state index in [9.17, 15) is 9.18 Å². The van der Waals surface area contributed by atoms with Crippen molar-refractivity contribution in [3.05, 3.63) is 63.4 Å². The van der Waals surface area contributed by atoms with Crippen molar-refractivity contribution in [3.8, 4) is 5.75 Å². The second-order valence-corrected chi connectivity index (χ2v) is 5.42. The molecule has 0 heterocycles. The van der Waals surface area contributed by atoms with Crippen LogP contribution in [0.3, 0.4) is 0 Å². The highest BCUT2D eigenvalue weighted by Crippen LogP contribution is 2.27. The number of hydrogen-bond donors (Lipinski definition) is 0. The van der Waals surface area contributed by atoms with Crippen LogP contribution in [0.4, 0.5) is 4.39 Å². The summed E-state index contributed by atoms with van der Waals surface area (Å²) >= 11 is 5.86. The molecule has 4 heteroatoms. The van der Waals surface area contributed by atoms with Gasteiger partial charge in [-0.25, -0.2) is 4.39 Å². The lowest BCUT2D eigenvalue weighted by molar-refractivity contribution is 0.0918. The summed E-state index contributed by atoms with van der Waals surface area (Å²) in [5.41, 5.74) is 3.63. The predicted octanol–water partition coefficient (Wildman–Crippen LogP) is 4.67. The Kier molecular flexibility index (Phi) is 4.63. The molecule has 0 unspecified atom stereocenters. The first kappa shape index (κ1) is 15.5. The van der Waals surface area contributed by atoms with E-state index in [0.29, 0.717) is 5.56 Å². The molecule has 0 radical (unpaired) electrons. The number of carbonyl (C=O) groups is 1. The zero-order chi connectivity index (χ0) is 15.6. The Balaban J connectivity index is 2.18. The number of aryl methyl sites for hydroxylation is 3. The number of Topliss-reactive ketones (excluding diaryl/α,β-unsaturated/α-hetero) is 1. The summed E-state index contributed by atoms with van der Waals surface area (Å²) in [6, 6.07) is 8.04. The zero-order valence-electron chi connectivity index (χ0n) is 12.2. The molecule has 0 aliphatic rings. The van der Waals surface area contributed by atoms with Gasteiger partial charge in [-0.05, 0) is 55.7 Å². The number of halogens is 2. The Labute approximate surface area is 128 Å². The molecule has 0 fully saturated rings. The van der Waals surface area contributed by atoms with Gasteiger partial charge in [0.2, 0.25) is 0 Å². The zero-order valence-corrected chi connectivity index (χ0v) is 12.9. The summed E-state index contributed by atoms with van der Waals surface area (Å²) in [4.78, 5) is 12.2. The summed E-state index contributed by atoms with van der Waals surface area (Å²) in [6.45, 7) is 5.56. The SMILES string of the molecule is Cc1cc(C)c(C(=O)COc2c(F)cccc2Cl)cc1C. The predicted molar refractivity (Wildman–Crippen MR) is 81.9 cm³/mol. The van der Waals surface area contributed by atoms with Crippen LogP contribution in [-0.2, 0) is 0 Å². The van der Waals surface area contributed by atoms with E-state index in [2.05, 4.69) is 0 Å². The minimum Gasteiger partial charge on any atom is -0.481 e. The molecule has 2 rings (SSSR count). The van der Waals surface area contributed by atoms with Gasteiger partial charge in [0, 0.05) is 5.56 Å². The molecule has 0 bridgehead atoms. The van der Waals surface area contributed by atoms with Gasteiger partial charge in [0.15, 0.2) is 24.0 Å². The lowest BCUT2D eigenvalue weighted by Gasteiger charge is -2.11. The summed E-state index contributed by atoms with van der Waals surface area (Å²) in [7, 11) is 0. The van der Waals surface area contributed by atoms with Crippen molar-refractivity contribution in [3.63, 3.8) is 0 Å². The van der Waals surface area contributed by atoms with Crippen LogP contribution in [-0.4, -0.2) is 12.4 Å². The topological polar surface area (TPSA) is 26.3 Å². The van der Waals surface area contributed by atoms with Gasteiger partial charge in [-0.3, -0.25) is 4.79 Å². The fourth-order valence-electron chi connectivity index (χ4n) is 2.10. The maximum absolute atomic E-state index is 13.6. The number of benzene rings is 2. The quantitative estimate of drug-likeness (QED) is 0.768. The summed E-state index contributed by atoms with van der Waals surface area (Å²) in [5.74, 6) is -0.865. The minimum absolute atomic E-state index is 0.0889.